The summed E-state index contributed by atoms with van der Waals surface area (Å²) in [6.45, 7) is 2.32. The van der Waals surface area contributed by atoms with E-state index in [2.05, 4.69) is 15.3 Å². The van der Waals surface area contributed by atoms with Gasteiger partial charge in [-0.2, -0.15) is 9.37 Å². The van der Waals surface area contributed by atoms with Crippen molar-refractivity contribution in [2.45, 2.75) is 25.3 Å². The molecule has 2 fully saturated rings. The number of hydrogen-bond donors (Lipinski definition) is 1. The summed E-state index contributed by atoms with van der Waals surface area (Å²) in [4.78, 5) is 35.5. The highest BCUT2D eigenvalue weighted by Crippen LogP contribution is 2.19. The molecule has 2 amide bonds. The van der Waals surface area contributed by atoms with Gasteiger partial charge >= 0.3 is 0 Å². The van der Waals surface area contributed by atoms with E-state index in [1.165, 1.54) is 7.11 Å². The summed E-state index contributed by atoms with van der Waals surface area (Å²) in [6.07, 6.45) is 2.79. The maximum Gasteiger partial charge on any atom is 0.255 e. The third-order valence-electron chi connectivity index (χ3n) is 4.28. The number of rotatable bonds is 3. The molecular formula is C15H20FN5O3. The van der Waals surface area contributed by atoms with Gasteiger partial charge in [-0.15, -0.1) is 0 Å². The van der Waals surface area contributed by atoms with Crippen LogP contribution in [0, 0.1) is 5.82 Å². The van der Waals surface area contributed by atoms with Gasteiger partial charge in [-0.05, 0) is 12.8 Å². The number of ether oxygens (including phenoxy) is 1. The van der Waals surface area contributed by atoms with E-state index in [0.717, 1.165) is 12.6 Å². The fourth-order valence-corrected chi connectivity index (χ4v) is 3.00. The Kier molecular flexibility index (Phi) is 4.77. The van der Waals surface area contributed by atoms with Crippen LogP contribution in [0.2, 0.25) is 0 Å². The zero-order valence-corrected chi connectivity index (χ0v) is 13.5. The SMILES string of the molecule is COc1nc(N2CCCN(C(=O)C3CCC(=O)N3)CC2)ncc1F. The van der Waals surface area contributed by atoms with Crippen LogP contribution in [0.15, 0.2) is 6.20 Å². The minimum atomic E-state index is -0.607. The monoisotopic (exact) mass is 337 g/mol. The molecule has 0 bridgehead atoms. The van der Waals surface area contributed by atoms with E-state index in [1.54, 1.807) is 4.90 Å². The van der Waals surface area contributed by atoms with Crippen LogP contribution in [0.4, 0.5) is 10.3 Å². The number of methoxy groups -OCH3 is 1. The molecule has 2 aliphatic rings. The second-order valence-corrected chi connectivity index (χ2v) is 5.85. The smallest absolute Gasteiger partial charge is 0.255 e. The highest BCUT2D eigenvalue weighted by atomic mass is 19.1. The van der Waals surface area contributed by atoms with Crippen LogP contribution in [0.1, 0.15) is 19.3 Å². The maximum absolute atomic E-state index is 13.4. The third kappa shape index (κ3) is 3.39. The predicted octanol–water partition coefficient (Wildman–Crippen LogP) is -0.0584. The zero-order valence-electron chi connectivity index (χ0n) is 13.5. The van der Waals surface area contributed by atoms with Crippen LogP contribution >= 0.6 is 0 Å². The van der Waals surface area contributed by atoms with Gasteiger partial charge in [0.1, 0.15) is 6.04 Å². The Morgan fingerprint density at radius 3 is 2.92 bits per heavy atom. The van der Waals surface area contributed by atoms with Crippen molar-refractivity contribution in [2.24, 2.45) is 0 Å². The minimum Gasteiger partial charge on any atom is -0.479 e. The summed E-state index contributed by atoms with van der Waals surface area (Å²) in [7, 11) is 1.36. The number of carbonyl (C=O) groups excluding carboxylic acids is 2. The molecule has 3 rings (SSSR count). The second-order valence-electron chi connectivity index (χ2n) is 5.85. The average Bonchev–Trinajstić information content (AvgIpc) is 2.87. The van der Waals surface area contributed by atoms with Gasteiger partial charge in [-0.25, -0.2) is 4.98 Å². The molecule has 24 heavy (non-hydrogen) atoms. The van der Waals surface area contributed by atoms with E-state index in [4.69, 9.17) is 4.74 Å². The Labute approximate surface area is 139 Å². The van der Waals surface area contributed by atoms with Crippen LogP contribution in [-0.4, -0.2) is 66.0 Å². The Hall–Kier alpha value is -2.45. The first kappa shape index (κ1) is 16.4. The van der Waals surface area contributed by atoms with E-state index < -0.39 is 11.9 Å². The lowest BCUT2D eigenvalue weighted by atomic mass is 10.2. The van der Waals surface area contributed by atoms with Gasteiger partial charge in [0.15, 0.2) is 0 Å². The van der Waals surface area contributed by atoms with E-state index in [9.17, 15) is 14.0 Å². The zero-order chi connectivity index (χ0) is 17.1. The molecule has 0 aliphatic carbocycles. The summed E-state index contributed by atoms with van der Waals surface area (Å²) in [5.41, 5.74) is 0. The first-order valence-corrected chi connectivity index (χ1v) is 7.98. The Bertz CT molecular complexity index is 642. The summed E-state index contributed by atoms with van der Waals surface area (Å²) in [6, 6.07) is -0.411. The molecule has 3 heterocycles. The minimum absolute atomic E-state index is 0.0414. The fraction of sp³-hybridized carbons (Fsp3) is 0.600. The molecule has 1 atom stereocenters. The number of nitrogens with zero attached hydrogens (tertiary/aromatic N) is 4. The third-order valence-corrected chi connectivity index (χ3v) is 4.28. The van der Waals surface area contributed by atoms with Gasteiger partial charge in [0.25, 0.3) is 5.88 Å². The molecular weight excluding hydrogens is 317 g/mol. The molecule has 8 nitrogen and oxygen atoms in total. The second kappa shape index (κ2) is 6.98. The van der Waals surface area contributed by atoms with E-state index in [1.807, 2.05) is 4.90 Å². The van der Waals surface area contributed by atoms with Crippen LogP contribution in [0.25, 0.3) is 0 Å². The lowest BCUT2D eigenvalue weighted by Crippen LogP contribution is -2.45. The van der Waals surface area contributed by atoms with Gasteiger partial charge in [0.05, 0.1) is 13.3 Å². The molecule has 9 heteroatoms. The molecule has 0 saturated carbocycles. The molecule has 0 aromatic carbocycles. The highest BCUT2D eigenvalue weighted by Gasteiger charge is 2.31. The van der Waals surface area contributed by atoms with Crippen molar-refractivity contribution in [3.63, 3.8) is 0 Å². The first-order chi connectivity index (χ1) is 11.6. The predicted molar refractivity (Wildman–Crippen MR) is 83.1 cm³/mol. The summed E-state index contributed by atoms with van der Waals surface area (Å²) in [5, 5.41) is 2.71. The number of amides is 2. The number of hydrogen-bond acceptors (Lipinski definition) is 6. The largest absolute Gasteiger partial charge is 0.479 e. The quantitative estimate of drug-likeness (QED) is 0.832. The van der Waals surface area contributed by atoms with Crippen LogP contribution in [-0.2, 0) is 9.59 Å². The molecule has 1 N–H and O–H groups in total. The number of halogens is 1. The van der Waals surface area contributed by atoms with Crippen LogP contribution in [0.5, 0.6) is 5.88 Å². The van der Waals surface area contributed by atoms with Crippen molar-refractivity contribution in [3.8, 4) is 5.88 Å². The lowest BCUT2D eigenvalue weighted by molar-refractivity contribution is -0.134. The molecule has 2 aliphatic heterocycles. The standard InChI is InChI=1S/C15H20FN5O3/c1-24-13-10(16)9-17-15(19-13)21-6-2-5-20(7-8-21)14(23)11-3-4-12(22)18-11/h9,11H,2-8H2,1H3,(H,18,22). The molecule has 130 valence electrons. The Morgan fingerprint density at radius 1 is 1.38 bits per heavy atom. The van der Waals surface area contributed by atoms with Crippen molar-refractivity contribution in [2.75, 3.05) is 38.2 Å². The summed E-state index contributed by atoms with van der Waals surface area (Å²) in [5.74, 6) is -0.427. The van der Waals surface area contributed by atoms with E-state index >= 15 is 0 Å². The van der Waals surface area contributed by atoms with Gasteiger partial charge in [0, 0.05) is 32.6 Å². The highest BCUT2D eigenvalue weighted by molar-refractivity contribution is 5.90. The van der Waals surface area contributed by atoms with Crippen molar-refractivity contribution in [1.29, 1.82) is 0 Å². The maximum atomic E-state index is 13.4. The normalized spacial score (nSPS) is 21.4. The molecule has 1 aromatic rings. The Morgan fingerprint density at radius 2 is 2.21 bits per heavy atom. The molecule has 0 spiro atoms. The van der Waals surface area contributed by atoms with Crippen molar-refractivity contribution in [1.82, 2.24) is 20.2 Å². The van der Waals surface area contributed by atoms with Gasteiger partial charge < -0.3 is 19.9 Å². The summed E-state index contributed by atoms with van der Waals surface area (Å²) >= 11 is 0. The van der Waals surface area contributed by atoms with Crippen LogP contribution < -0.4 is 15.0 Å². The molecule has 1 unspecified atom stereocenters. The molecule has 0 radical (unpaired) electrons. The number of aromatic nitrogens is 2. The van der Waals surface area contributed by atoms with Crippen molar-refractivity contribution in [3.05, 3.63) is 12.0 Å². The van der Waals surface area contributed by atoms with E-state index in [0.29, 0.717) is 45.0 Å². The van der Waals surface area contributed by atoms with E-state index in [-0.39, 0.29) is 17.7 Å². The molecule has 1 aromatic heterocycles. The molecule has 2 saturated heterocycles. The number of nitrogens with one attached hydrogen (secondary N) is 1. The van der Waals surface area contributed by atoms with Gasteiger partial charge in [0.2, 0.25) is 23.6 Å². The van der Waals surface area contributed by atoms with Gasteiger partial charge in [-0.1, -0.05) is 0 Å². The van der Waals surface area contributed by atoms with Crippen molar-refractivity contribution >= 4 is 17.8 Å². The topological polar surface area (TPSA) is 87.7 Å². The number of carbonyl (C=O) groups is 2. The Balaban J connectivity index is 1.64. The van der Waals surface area contributed by atoms with Gasteiger partial charge in [-0.3, -0.25) is 9.59 Å². The average molecular weight is 337 g/mol. The van der Waals surface area contributed by atoms with Crippen LogP contribution in [0.3, 0.4) is 0 Å². The lowest BCUT2D eigenvalue weighted by Gasteiger charge is -2.24. The summed E-state index contributed by atoms with van der Waals surface area (Å²) < 4.78 is 18.3. The first-order valence-electron chi connectivity index (χ1n) is 7.98. The number of anilines is 1. The van der Waals surface area contributed by atoms with Crippen molar-refractivity contribution < 1.29 is 18.7 Å². The fourth-order valence-electron chi connectivity index (χ4n) is 3.00.